The second-order valence-corrected chi connectivity index (χ2v) is 5.23. The molecule has 23 heavy (non-hydrogen) atoms. The molecule has 0 amide bonds. The van der Waals surface area contributed by atoms with Crippen LogP contribution in [0.2, 0.25) is 0 Å². The molecule has 2 aromatic carbocycles. The molecular formula is C19H20O4. The van der Waals surface area contributed by atoms with Crippen LogP contribution in [0, 0.1) is 0 Å². The van der Waals surface area contributed by atoms with Crippen molar-refractivity contribution in [3.05, 3.63) is 66.6 Å². The third-order valence-electron chi connectivity index (χ3n) is 3.34. The fourth-order valence-corrected chi connectivity index (χ4v) is 2.19. The lowest BCUT2D eigenvalue weighted by molar-refractivity contribution is -0.0413. The second-order valence-electron chi connectivity index (χ2n) is 5.23. The van der Waals surface area contributed by atoms with Gasteiger partial charge in [0.2, 0.25) is 6.29 Å². The van der Waals surface area contributed by atoms with Gasteiger partial charge in [-0.1, -0.05) is 25.1 Å². The molecule has 0 N–H and O–H groups in total. The van der Waals surface area contributed by atoms with Crippen LogP contribution in [0.4, 0.5) is 0 Å². The molecule has 0 fully saturated rings. The highest BCUT2D eigenvalue weighted by Gasteiger charge is 2.18. The molecule has 2 aromatic rings. The predicted octanol–water partition coefficient (Wildman–Crippen LogP) is 4.87. The van der Waals surface area contributed by atoms with Gasteiger partial charge in [0.1, 0.15) is 30.1 Å². The van der Waals surface area contributed by atoms with Gasteiger partial charge in [0, 0.05) is 6.42 Å². The van der Waals surface area contributed by atoms with E-state index in [1.165, 1.54) is 0 Å². The summed E-state index contributed by atoms with van der Waals surface area (Å²) >= 11 is 0. The van der Waals surface area contributed by atoms with Crippen LogP contribution in [0.5, 0.6) is 17.2 Å². The van der Waals surface area contributed by atoms with Crippen molar-refractivity contribution in [1.82, 2.24) is 0 Å². The Bertz CT molecular complexity index is 634. The summed E-state index contributed by atoms with van der Waals surface area (Å²) in [5, 5.41) is 0. The molecule has 1 heterocycles. The molecule has 1 aliphatic heterocycles. The minimum absolute atomic E-state index is 0.166. The number of hydrogen-bond donors (Lipinski definition) is 0. The van der Waals surface area contributed by atoms with E-state index < -0.39 is 0 Å². The van der Waals surface area contributed by atoms with Crippen molar-refractivity contribution in [3.63, 3.8) is 0 Å². The molecule has 4 heteroatoms. The first-order chi connectivity index (χ1) is 11.3. The van der Waals surface area contributed by atoms with Crippen molar-refractivity contribution >= 4 is 0 Å². The molecule has 3 rings (SSSR count). The van der Waals surface area contributed by atoms with Crippen molar-refractivity contribution in [2.24, 2.45) is 0 Å². The van der Waals surface area contributed by atoms with E-state index in [1.54, 1.807) is 6.26 Å². The minimum atomic E-state index is -0.166. The summed E-state index contributed by atoms with van der Waals surface area (Å²) in [5.41, 5.74) is 0. The monoisotopic (exact) mass is 312 g/mol. The van der Waals surface area contributed by atoms with Crippen molar-refractivity contribution in [2.45, 2.75) is 26.1 Å². The summed E-state index contributed by atoms with van der Waals surface area (Å²) in [6, 6.07) is 17.2. The summed E-state index contributed by atoms with van der Waals surface area (Å²) in [7, 11) is 0. The Morgan fingerprint density at radius 1 is 0.913 bits per heavy atom. The zero-order chi connectivity index (χ0) is 15.9. The van der Waals surface area contributed by atoms with Crippen LogP contribution in [0.3, 0.4) is 0 Å². The Kier molecular flexibility index (Phi) is 5.04. The molecule has 1 unspecified atom stereocenters. The number of benzene rings is 2. The molecular weight excluding hydrogens is 292 g/mol. The maximum Gasteiger partial charge on any atom is 0.240 e. The molecule has 0 radical (unpaired) electrons. The maximum absolute atomic E-state index is 5.74. The zero-order valence-corrected chi connectivity index (χ0v) is 13.1. The quantitative estimate of drug-likeness (QED) is 0.730. The molecule has 120 valence electrons. The van der Waals surface area contributed by atoms with Gasteiger partial charge in [-0.05, 0) is 42.8 Å². The van der Waals surface area contributed by atoms with E-state index in [2.05, 4.69) is 6.92 Å². The van der Waals surface area contributed by atoms with Crippen LogP contribution in [-0.4, -0.2) is 12.9 Å². The Balaban J connectivity index is 1.48. The molecule has 4 nitrogen and oxygen atoms in total. The molecule has 0 bridgehead atoms. The Morgan fingerprint density at radius 3 is 2.35 bits per heavy atom. The van der Waals surface area contributed by atoms with E-state index in [0.717, 1.165) is 30.1 Å². The molecule has 0 saturated heterocycles. The van der Waals surface area contributed by atoms with Gasteiger partial charge < -0.3 is 18.9 Å². The van der Waals surface area contributed by atoms with Gasteiger partial charge in [-0.15, -0.1) is 0 Å². The molecule has 0 saturated carbocycles. The molecule has 0 aromatic heterocycles. The topological polar surface area (TPSA) is 36.9 Å². The van der Waals surface area contributed by atoms with Crippen LogP contribution in [-0.2, 0) is 9.47 Å². The Hall–Kier alpha value is -2.62. The Morgan fingerprint density at radius 2 is 1.61 bits per heavy atom. The van der Waals surface area contributed by atoms with Crippen molar-refractivity contribution in [3.8, 4) is 17.2 Å². The summed E-state index contributed by atoms with van der Waals surface area (Å²) in [6.45, 7) is 2.46. The average molecular weight is 312 g/mol. The first-order valence-electron chi connectivity index (χ1n) is 7.80. The van der Waals surface area contributed by atoms with Crippen LogP contribution in [0.15, 0.2) is 66.6 Å². The lowest BCUT2D eigenvalue weighted by atomic mass is 10.3. The van der Waals surface area contributed by atoms with Crippen LogP contribution in [0.1, 0.15) is 19.8 Å². The predicted molar refractivity (Wildman–Crippen MR) is 87.4 cm³/mol. The van der Waals surface area contributed by atoms with Gasteiger partial charge in [-0.3, -0.25) is 0 Å². The van der Waals surface area contributed by atoms with E-state index >= 15 is 0 Å². The van der Waals surface area contributed by atoms with Gasteiger partial charge in [-0.25, -0.2) is 0 Å². The first kappa shape index (κ1) is 15.3. The van der Waals surface area contributed by atoms with Gasteiger partial charge in [0.25, 0.3) is 0 Å². The average Bonchev–Trinajstić information content (AvgIpc) is 3.03. The third kappa shape index (κ3) is 4.42. The number of rotatable bonds is 7. The standard InChI is InChI=1S/C19H20O4/c1-2-6-19-21-14-18(23-19)13-20-15-9-11-17(12-10-15)22-16-7-4-3-5-8-16/h3-5,7-12,14,19H,2,6,13H2,1H3. The van der Waals surface area contributed by atoms with E-state index in [9.17, 15) is 0 Å². The number of ether oxygens (including phenoxy) is 4. The second kappa shape index (κ2) is 7.58. The van der Waals surface area contributed by atoms with Crippen LogP contribution in [0.25, 0.3) is 0 Å². The van der Waals surface area contributed by atoms with E-state index in [4.69, 9.17) is 18.9 Å². The summed E-state index contributed by atoms with van der Waals surface area (Å²) in [5.74, 6) is 3.05. The lowest BCUT2D eigenvalue weighted by Crippen LogP contribution is -2.10. The normalized spacial score (nSPS) is 16.2. The number of para-hydroxylation sites is 1. The van der Waals surface area contributed by atoms with Gasteiger partial charge in [0.05, 0.1) is 0 Å². The Labute approximate surface area is 136 Å². The van der Waals surface area contributed by atoms with Crippen molar-refractivity contribution < 1.29 is 18.9 Å². The highest BCUT2D eigenvalue weighted by Crippen LogP contribution is 2.24. The van der Waals surface area contributed by atoms with E-state index in [1.807, 2.05) is 54.6 Å². The summed E-state index contributed by atoms with van der Waals surface area (Å²) < 4.78 is 22.4. The number of hydrogen-bond acceptors (Lipinski definition) is 4. The van der Waals surface area contributed by atoms with Crippen LogP contribution >= 0.6 is 0 Å². The fourth-order valence-electron chi connectivity index (χ4n) is 2.19. The van der Waals surface area contributed by atoms with Gasteiger partial charge in [0.15, 0.2) is 5.76 Å². The minimum Gasteiger partial charge on any atom is -0.486 e. The lowest BCUT2D eigenvalue weighted by Gasteiger charge is -2.11. The highest BCUT2D eigenvalue weighted by atomic mass is 16.7. The largest absolute Gasteiger partial charge is 0.486 e. The van der Waals surface area contributed by atoms with E-state index in [0.29, 0.717) is 12.4 Å². The summed E-state index contributed by atoms with van der Waals surface area (Å²) in [6.07, 6.45) is 3.37. The van der Waals surface area contributed by atoms with Crippen LogP contribution < -0.4 is 9.47 Å². The van der Waals surface area contributed by atoms with Gasteiger partial charge in [-0.2, -0.15) is 0 Å². The van der Waals surface area contributed by atoms with Crippen molar-refractivity contribution in [1.29, 1.82) is 0 Å². The molecule has 1 aliphatic rings. The third-order valence-corrected chi connectivity index (χ3v) is 3.34. The zero-order valence-electron chi connectivity index (χ0n) is 13.1. The SMILES string of the molecule is CCCC1OC=C(COc2ccc(Oc3ccccc3)cc2)O1. The molecule has 0 aliphatic carbocycles. The first-order valence-corrected chi connectivity index (χ1v) is 7.80. The molecule has 1 atom stereocenters. The maximum atomic E-state index is 5.74. The smallest absolute Gasteiger partial charge is 0.240 e. The summed E-state index contributed by atoms with van der Waals surface area (Å²) in [4.78, 5) is 0. The van der Waals surface area contributed by atoms with E-state index in [-0.39, 0.29) is 6.29 Å². The fraction of sp³-hybridized carbons (Fsp3) is 0.263. The van der Waals surface area contributed by atoms with Crippen molar-refractivity contribution in [2.75, 3.05) is 6.61 Å². The van der Waals surface area contributed by atoms with Gasteiger partial charge >= 0.3 is 0 Å². The molecule has 0 spiro atoms. The highest BCUT2D eigenvalue weighted by molar-refractivity contribution is 5.35.